The Kier molecular flexibility index (Phi) is 4.13. The zero-order valence-electron chi connectivity index (χ0n) is 10.7. The number of carbonyl (C=O) groups is 1. The second-order valence-corrected chi connectivity index (χ2v) is 4.31. The van der Waals surface area contributed by atoms with Gasteiger partial charge in [0, 0.05) is 5.69 Å². The first-order chi connectivity index (χ1) is 9.13. The number of pyridine rings is 1. The van der Waals surface area contributed by atoms with Crippen molar-refractivity contribution >= 4 is 5.97 Å². The van der Waals surface area contributed by atoms with Gasteiger partial charge < -0.3 is 9.84 Å². The Morgan fingerprint density at radius 2 is 1.84 bits per heavy atom. The van der Waals surface area contributed by atoms with E-state index in [4.69, 9.17) is 9.84 Å². The summed E-state index contributed by atoms with van der Waals surface area (Å²) in [5.41, 5.74) is 2.73. The van der Waals surface area contributed by atoms with Gasteiger partial charge in [0.25, 0.3) is 0 Å². The van der Waals surface area contributed by atoms with E-state index < -0.39 is 5.97 Å². The van der Waals surface area contributed by atoms with E-state index >= 15 is 0 Å². The monoisotopic (exact) mass is 257 g/mol. The fraction of sp³-hybridized carbons (Fsp3) is 0.200. The van der Waals surface area contributed by atoms with Gasteiger partial charge in [0.05, 0.1) is 12.6 Å². The van der Waals surface area contributed by atoms with Gasteiger partial charge in [-0.1, -0.05) is 24.3 Å². The van der Waals surface area contributed by atoms with Crippen molar-refractivity contribution in [3.05, 3.63) is 59.4 Å². The van der Waals surface area contributed by atoms with Gasteiger partial charge in [0.1, 0.15) is 12.4 Å². The van der Waals surface area contributed by atoms with Crippen molar-refractivity contribution in [1.29, 1.82) is 0 Å². The summed E-state index contributed by atoms with van der Waals surface area (Å²) >= 11 is 0. The number of nitrogens with zero attached hydrogens (tertiary/aromatic N) is 1. The van der Waals surface area contributed by atoms with Crippen molar-refractivity contribution in [3.8, 4) is 5.75 Å². The molecule has 4 nitrogen and oxygen atoms in total. The third-order valence-electron chi connectivity index (χ3n) is 2.67. The molecule has 0 aliphatic carbocycles. The molecule has 2 aromatic rings. The first kappa shape index (κ1) is 13.1. The molecule has 0 aliphatic heterocycles. The third-order valence-corrected chi connectivity index (χ3v) is 2.67. The predicted octanol–water partition coefficient (Wildman–Crippen LogP) is 2.60. The van der Waals surface area contributed by atoms with E-state index in [0.29, 0.717) is 6.61 Å². The molecular weight excluding hydrogens is 242 g/mol. The van der Waals surface area contributed by atoms with Gasteiger partial charge in [-0.25, -0.2) is 0 Å². The summed E-state index contributed by atoms with van der Waals surface area (Å²) < 4.78 is 5.59. The van der Waals surface area contributed by atoms with E-state index in [-0.39, 0.29) is 6.42 Å². The van der Waals surface area contributed by atoms with Crippen molar-refractivity contribution in [2.75, 3.05) is 0 Å². The summed E-state index contributed by atoms with van der Waals surface area (Å²) in [6.07, 6.45) is 1.73. The van der Waals surface area contributed by atoms with E-state index in [1.54, 1.807) is 18.3 Å². The minimum Gasteiger partial charge on any atom is -0.487 e. The van der Waals surface area contributed by atoms with Gasteiger partial charge in [-0.2, -0.15) is 0 Å². The molecular formula is C15H15NO3. The first-order valence-corrected chi connectivity index (χ1v) is 5.98. The lowest BCUT2D eigenvalue weighted by molar-refractivity contribution is -0.136. The molecule has 0 radical (unpaired) electrons. The number of aliphatic carboxylic acids is 1. The average molecular weight is 257 g/mol. The van der Waals surface area contributed by atoms with Crippen molar-refractivity contribution in [2.45, 2.75) is 20.0 Å². The van der Waals surface area contributed by atoms with Crippen molar-refractivity contribution in [3.63, 3.8) is 0 Å². The van der Waals surface area contributed by atoms with Crippen LogP contribution in [0.1, 0.15) is 16.8 Å². The number of carboxylic acid groups (broad SMARTS) is 1. The minimum absolute atomic E-state index is 0.0447. The molecule has 0 fully saturated rings. The largest absolute Gasteiger partial charge is 0.487 e. The molecule has 1 aromatic heterocycles. The van der Waals surface area contributed by atoms with E-state index in [1.807, 2.05) is 31.2 Å². The molecule has 0 saturated carbocycles. The maximum Gasteiger partial charge on any atom is 0.307 e. The normalized spacial score (nSPS) is 10.2. The number of hydrogen-bond donors (Lipinski definition) is 1. The fourth-order valence-electron chi connectivity index (χ4n) is 1.63. The number of benzene rings is 1. The summed E-state index contributed by atoms with van der Waals surface area (Å²) in [7, 11) is 0. The second-order valence-electron chi connectivity index (χ2n) is 4.31. The lowest BCUT2D eigenvalue weighted by Crippen LogP contribution is -2.01. The Bertz CT molecular complexity index is 547. The maximum absolute atomic E-state index is 10.6. The summed E-state index contributed by atoms with van der Waals surface area (Å²) in [4.78, 5) is 14.7. The zero-order valence-corrected chi connectivity index (χ0v) is 10.7. The van der Waals surface area contributed by atoms with Crippen molar-refractivity contribution in [2.24, 2.45) is 0 Å². The number of aryl methyl sites for hydroxylation is 1. The van der Waals surface area contributed by atoms with Crippen LogP contribution in [0.2, 0.25) is 0 Å². The average Bonchev–Trinajstić information content (AvgIpc) is 2.39. The Hall–Kier alpha value is -2.36. The summed E-state index contributed by atoms with van der Waals surface area (Å²) in [6, 6.07) is 11.1. The van der Waals surface area contributed by atoms with E-state index in [1.165, 1.54) is 0 Å². The predicted molar refractivity (Wildman–Crippen MR) is 71.1 cm³/mol. The molecule has 0 atom stereocenters. The molecule has 2 rings (SSSR count). The Morgan fingerprint density at radius 1 is 1.16 bits per heavy atom. The molecule has 0 saturated heterocycles. The van der Waals surface area contributed by atoms with Gasteiger partial charge in [-0.15, -0.1) is 0 Å². The molecule has 0 amide bonds. The summed E-state index contributed by atoms with van der Waals surface area (Å²) in [6.45, 7) is 2.36. The molecule has 4 heteroatoms. The summed E-state index contributed by atoms with van der Waals surface area (Å²) in [5, 5.41) is 8.68. The van der Waals surface area contributed by atoms with Crippen LogP contribution in [0.4, 0.5) is 0 Å². The molecule has 98 valence electrons. The van der Waals surface area contributed by atoms with Crippen LogP contribution in [0, 0.1) is 6.92 Å². The number of rotatable bonds is 5. The number of aromatic nitrogens is 1. The van der Waals surface area contributed by atoms with Crippen LogP contribution >= 0.6 is 0 Å². The van der Waals surface area contributed by atoms with Crippen LogP contribution in [-0.2, 0) is 17.8 Å². The number of hydrogen-bond acceptors (Lipinski definition) is 3. The number of carboxylic acids is 1. The van der Waals surface area contributed by atoms with E-state index in [9.17, 15) is 4.79 Å². The van der Waals surface area contributed by atoms with Gasteiger partial charge >= 0.3 is 5.97 Å². The van der Waals surface area contributed by atoms with Crippen LogP contribution < -0.4 is 4.74 Å². The van der Waals surface area contributed by atoms with Gasteiger partial charge in [0.2, 0.25) is 0 Å². The van der Waals surface area contributed by atoms with Gasteiger partial charge in [0.15, 0.2) is 0 Å². The smallest absolute Gasteiger partial charge is 0.307 e. The van der Waals surface area contributed by atoms with Crippen molar-refractivity contribution < 1.29 is 14.6 Å². The standard InChI is InChI=1S/C15H15NO3/c1-11-2-7-14(9-16-11)19-10-13-5-3-12(4-6-13)8-15(17)18/h2-7,9H,8,10H2,1H3,(H,17,18). The second kappa shape index (κ2) is 6.00. The highest BCUT2D eigenvalue weighted by molar-refractivity contribution is 5.70. The lowest BCUT2D eigenvalue weighted by atomic mass is 10.1. The SMILES string of the molecule is Cc1ccc(OCc2ccc(CC(=O)O)cc2)cn1. The maximum atomic E-state index is 10.6. The third kappa shape index (κ3) is 4.10. The molecule has 1 N–H and O–H groups in total. The highest BCUT2D eigenvalue weighted by atomic mass is 16.5. The summed E-state index contributed by atoms with van der Waals surface area (Å²) in [5.74, 6) is -0.102. The van der Waals surface area contributed by atoms with Crippen LogP contribution in [0.15, 0.2) is 42.6 Å². The first-order valence-electron chi connectivity index (χ1n) is 5.98. The molecule has 1 heterocycles. The van der Waals surface area contributed by atoms with Crippen LogP contribution in [0.5, 0.6) is 5.75 Å². The zero-order chi connectivity index (χ0) is 13.7. The Labute approximate surface area is 111 Å². The van der Waals surface area contributed by atoms with Crippen LogP contribution in [0.25, 0.3) is 0 Å². The number of ether oxygens (including phenoxy) is 1. The quantitative estimate of drug-likeness (QED) is 0.894. The van der Waals surface area contributed by atoms with Crippen LogP contribution in [0.3, 0.4) is 0 Å². The Morgan fingerprint density at radius 3 is 2.42 bits per heavy atom. The molecule has 0 aliphatic rings. The lowest BCUT2D eigenvalue weighted by Gasteiger charge is -2.06. The molecule has 19 heavy (non-hydrogen) atoms. The van der Waals surface area contributed by atoms with E-state index in [0.717, 1.165) is 22.6 Å². The highest BCUT2D eigenvalue weighted by Crippen LogP contribution is 2.12. The molecule has 0 spiro atoms. The van der Waals surface area contributed by atoms with Crippen molar-refractivity contribution in [1.82, 2.24) is 4.98 Å². The van der Waals surface area contributed by atoms with Gasteiger partial charge in [-0.05, 0) is 30.2 Å². The highest BCUT2D eigenvalue weighted by Gasteiger charge is 2.01. The van der Waals surface area contributed by atoms with Gasteiger partial charge in [-0.3, -0.25) is 9.78 Å². The molecule has 1 aromatic carbocycles. The molecule has 0 bridgehead atoms. The molecule has 0 unspecified atom stereocenters. The van der Waals surface area contributed by atoms with Crippen LogP contribution in [-0.4, -0.2) is 16.1 Å². The minimum atomic E-state index is -0.824. The topological polar surface area (TPSA) is 59.4 Å². The Balaban J connectivity index is 1.92. The fourth-order valence-corrected chi connectivity index (χ4v) is 1.63. The van der Waals surface area contributed by atoms with E-state index in [2.05, 4.69) is 4.98 Å².